The molecule has 0 spiro atoms. The van der Waals surface area contributed by atoms with Crippen molar-refractivity contribution < 1.29 is 9.52 Å². The molecule has 0 saturated heterocycles. The number of rotatable bonds is 3. The van der Waals surface area contributed by atoms with Crippen molar-refractivity contribution in [3.05, 3.63) is 32.4 Å². The van der Waals surface area contributed by atoms with E-state index in [4.69, 9.17) is 27.6 Å². The highest BCUT2D eigenvalue weighted by atomic mass is 79.9. The smallest absolute Gasteiger partial charge is 0.154 e. The van der Waals surface area contributed by atoms with Gasteiger partial charge in [0.1, 0.15) is 11.9 Å². The summed E-state index contributed by atoms with van der Waals surface area (Å²) in [5.74, 6) is 0.503. The molecule has 2 rings (SSSR count). The Kier molecular flexibility index (Phi) is 4.03. The number of benzene rings is 1. The Bertz CT molecular complexity index is 551. The molecule has 0 fully saturated rings. The summed E-state index contributed by atoms with van der Waals surface area (Å²) in [6.45, 7) is 2.00. The molecule has 0 saturated carbocycles. The van der Waals surface area contributed by atoms with Crippen LogP contribution in [0.25, 0.3) is 11.0 Å². The maximum atomic E-state index is 9.88. The van der Waals surface area contributed by atoms with Crippen molar-refractivity contribution in [1.29, 1.82) is 0 Å². The predicted molar refractivity (Wildman–Crippen MR) is 73.8 cm³/mol. The minimum atomic E-state index is -0.613. The molecule has 0 bridgehead atoms. The first-order valence-corrected chi connectivity index (χ1v) is 6.84. The molecular formula is C12H11BrCl2O2. The van der Waals surface area contributed by atoms with Gasteiger partial charge in [-0.2, -0.15) is 0 Å². The van der Waals surface area contributed by atoms with Crippen LogP contribution >= 0.6 is 39.1 Å². The van der Waals surface area contributed by atoms with Crippen LogP contribution in [0.5, 0.6) is 0 Å². The zero-order valence-electron chi connectivity index (χ0n) is 9.14. The van der Waals surface area contributed by atoms with Gasteiger partial charge in [0, 0.05) is 9.86 Å². The second kappa shape index (κ2) is 5.19. The SMILES string of the molecule is CCCC(O)c1cc2c(Cl)c(Br)cc(Cl)c2o1. The molecule has 0 aliphatic rings. The average molecular weight is 338 g/mol. The van der Waals surface area contributed by atoms with Crippen LogP contribution in [-0.2, 0) is 0 Å². The maximum Gasteiger partial charge on any atom is 0.154 e. The van der Waals surface area contributed by atoms with Crippen LogP contribution in [0.4, 0.5) is 0 Å². The highest BCUT2D eigenvalue weighted by Gasteiger charge is 2.17. The number of halogens is 3. The highest BCUT2D eigenvalue weighted by Crippen LogP contribution is 2.39. The monoisotopic (exact) mass is 336 g/mol. The minimum absolute atomic E-state index is 0.478. The summed E-state index contributed by atoms with van der Waals surface area (Å²) in [6.07, 6.45) is 0.915. The average Bonchev–Trinajstić information content (AvgIpc) is 2.72. The van der Waals surface area contributed by atoms with E-state index in [-0.39, 0.29) is 0 Å². The summed E-state index contributed by atoms with van der Waals surface area (Å²) in [5.41, 5.74) is 0.519. The van der Waals surface area contributed by atoms with Crippen molar-refractivity contribution in [2.75, 3.05) is 0 Å². The molecule has 1 aromatic heterocycles. The van der Waals surface area contributed by atoms with Gasteiger partial charge in [-0.25, -0.2) is 0 Å². The van der Waals surface area contributed by atoms with Crippen molar-refractivity contribution in [3.8, 4) is 0 Å². The largest absolute Gasteiger partial charge is 0.457 e. The van der Waals surface area contributed by atoms with Crippen LogP contribution < -0.4 is 0 Å². The molecule has 1 N–H and O–H groups in total. The molecular weight excluding hydrogens is 327 g/mol. The zero-order valence-corrected chi connectivity index (χ0v) is 12.2. The van der Waals surface area contributed by atoms with Crippen LogP contribution in [0.1, 0.15) is 31.6 Å². The molecule has 2 aromatic rings. The van der Waals surface area contributed by atoms with Crippen LogP contribution in [0, 0.1) is 0 Å². The van der Waals surface area contributed by atoms with Crippen molar-refractivity contribution in [2.45, 2.75) is 25.9 Å². The molecule has 1 atom stereocenters. The zero-order chi connectivity index (χ0) is 12.6. The Hall–Kier alpha value is -0.220. The molecule has 1 aromatic carbocycles. The Balaban J connectivity index is 2.57. The van der Waals surface area contributed by atoms with E-state index in [1.165, 1.54) is 0 Å². The van der Waals surface area contributed by atoms with E-state index >= 15 is 0 Å². The van der Waals surface area contributed by atoms with Gasteiger partial charge in [0.15, 0.2) is 5.58 Å². The highest BCUT2D eigenvalue weighted by molar-refractivity contribution is 9.10. The molecule has 17 heavy (non-hydrogen) atoms. The topological polar surface area (TPSA) is 33.4 Å². The molecule has 0 amide bonds. The standard InChI is InChI=1S/C12H11BrCl2O2/c1-2-3-9(16)10-4-6-11(15)7(13)5-8(14)12(6)17-10/h4-5,9,16H,2-3H2,1H3. The predicted octanol–water partition coefficient (Wildman–Crippen LogP) is 5.34. The van der Waals surface area contributed by atoms with E-state index in [2.05, 4.69) is 15.9 Å². The third-order valence-corrected chi connectivity index (χ3v) is 4.10. The number of aliphatic hydroxyl groups excluding tert-OH is 1. The molecule has 92 valence electrons. The number of hydrogen-bond acceptors (Lipinski definition) is 2. The van der Waals surface area contributed by atoms with Gasteiger partial charge < -0.3 is 9.52 Å². The molecule has 0 radical (unpaired) electrons. The summed E-state index contributed by atoms with van der Waals surface area (Å²) in [6, 6.07) is 3.43. The quantitative estimate of drug-likeness (QED) is 0.767. The fraction of sp³-hybridized carbons (Fsp3) is 0.333. The van der Waals surface area contributed by atoms with E-state index in [1.807, 2.05) is 6.92 Å². The van der Waals surface area contributed by atoms with Crippen molar-refractivity contribution in [2.24, 2.45) is 0 Å². The van der Waals surface area contributed by atoms with Gasteiger partial charge >= 0.3 is 0 Å². The lowest BCUT2D eigenvalue weighted by molar-refractivity contribution is 0.141. The van der Waals surface area contributed by atoms with Gasteiger partial charge in [0.05, 0.1) is 10.0 Å². The summed E-state index contributed by atoms with van der Waals surface area (Å²) in [4.78, 5) is 0. The third kappa shape index (κ3) is 2.48. The van der Waals surface area contributed by atoms with E-state index in [0.717, 1.165) is 11.8 Å². The number of aliphatic hydroxyl groups is 1. The Morgan fingerprint density at radius 2 is 2.12 bits per heavy atom. The molecule has 1 unspecified atom stereocenters. The van der Waals surface area contributed by atoms with Gasteiger partial charge in [-0.05, 0) is 34.5 Å². The third-order valence-electron chi connectivity index (χ3n) is 2.56. The van der Waals surface area contributed by atoms with E-state index in [9.17, 15) is 5.11 Å². The normalized spacial score (nSPS) is 13.2. The molecule has 2 nitrogen and oxygen atoms in total. The molecule has 1 heterocycles. The summed E-state index contributed by atoms with van der Waals surface area (Å²) >= 11 is 15.5. The number of fused-ring (bicyclic) bond motifs is 1. The minimum Gasteiger partial charge on any atom is -0.457 e. The summed E-state index contributed by atoms with van der Waals surface area (Å²) in [7, 11) is 0. The summed E-state index contributed by atoms with van der Waals surface area (Å²) < 4.78 is 6.28. The van der Waals surface area contributed by atoms with Crippen molar-refractivity contribution in [3.63, 3.8) is 0 Å². The summed E-state index contributed by atoms with van der Waals surface area (Å²) in [5, 5.41) is 11.6. The fourth-order valence-corrected chi connectivity index (χ4v) is 2.72. The van der Waals surface area contributed by atoms with Gasteiger partial charge in [0.2, 0.25) is 0 Å². The molecule has 0 aliphatic heterocycles. The lowest BCUT2D eigenvalue weighted by Gasteiger charge is -2.03. The van der Waals surface area contributed by atoms with Gasteiger partial charge in [-0.15, -0.1) is 0 Å². The van der Waals surface area contributed by atoms with Crippen LogP contribution in [0.3, 0.4) is 0 Å². The van der Waals surface area contributed by atoms with Crippen LogP contribution in [-0.4, -0.2) is 5.11 Å². The van der Waals surface area contributed by atoms with E-state index < -0.39 is 6.10 Å². The van der Waals surface area contributed by atoms with Crippen LogP contribution in [0.2, 0.25) is 10.0 Å². The first-order valence-electron chi connectivity index (χ1n) is 5.29. The van der Waals surface area contributed by atoms with Crippen LogP contribution in [0.15, 0.2) is 21.0 Å². The van der Waals surface area contributed by atoms with Crippen molar-refractivity contribution in [1.82, 2.24) is 0 Å². The Morgan fingerprint density at radius 3 is 2.76 bits per heavy atom. The van der Waals surface area contributed by atoms with Gasteiger partial charge in [-0.1, -0.05) is 36.5 Å². The Morgan fingerprint density at radius 1 is 1.41 bits per heavy atom. The lowest BCUT2D eigenvalue weighted by atomic mass is 10.1. The van der Waals surface area contributed by atoms with Crippen molar-refractivity contribution >= 4 is 50.1 Å². The number of furan rings is 1. The first-order chi connectivity index (χ1) is 8.04. The number of hydrogen-bond donors (Lipinski definition) is 1. The first kappa shape index (κ1) is 13.2. The van der Waals surface area contributed by atoms with E-state index in [0.29, 0.717) is 32.3 Å². The second-order valence-corrected chi connectivity index (χ2v) is 5.49. The van der Waals surface area contributed by atoms with E-state index in [1.54, 1.807) is 12.1 Å². The molecule has 0 aliphatic carbocycles. The second-order valence-electron chi connectivity index (χ2n) is 3.85. The lowest BCUT2D eigenvalue weighted by Crippen LogP contribution is -1.93. The maximum absolute atomic E-state index is 9.88. The fourth-order valence-electron chi connectivity index (χ4n) is 1.70. The Labute approximate surface area is 118 Å². The van der Waals surface area contributed by atoms with Gasteiger partial charge in [-0.3, -0.25) is 0 Å². The van der Waals surface area contributed by atoms with Gasteiger partial charge in [0.25, 0.3) is 0 Å². The molecule has 5 heteroatoms.